The zero-order valence-corrected chi connectivity index (χ0v) is 16.9. The van der Waals surface area contributed by atoms with E-state index in [1.165, 1.54) is 9.78 Å². The average Bonchev–Trinajstić information content (AvgIpc) is 3.37. The number of benzene rings is 1. The van der Waals surface area contributed by atoms with Gasteiger partial charge in [-0.3, -0.25) is 0 Å². The summed E-state index contributed by atoms with van der Waals surface area (Å²) in [4.78, 5) is 15.8. The number of nitrogens with two attached hydrogens (primary N) is 1. The van der Waals surface area contributed by atoms with Gasteiger partial charge >= 0.3 is 0 Å². The van der Waals surface area contributed by atoms with Crippen molar-refractivity contribution in [3.05, 3.63) is 82.2 Å². The molecule has 4 rings (SSSR count). The lowest BCUT2D eigenvalue weighted by Gasteiger charge is -2.17. The molecule has 0 saturated heterocycles. The maximum atomic E-state index is 5.97. The van der Waals surface area contributed by atoms with E-state index < -0.39 is 0 Å². The number of para-hydroxylation sites is 1. The predicted octanol–water partition coefficient (Wildman–Crippen LogP) is 2.95. The van der Waals surface area contributed by atoms with Crippen molar-refractivity contribution in [1.82, 2.24) is 15.0 Å². The van der Waals surface area contributed by atoms with E-state index in [0.29, 0.717) is 18.3 Å². The lowest BCUT2D eigenvalue weighted by Crippen LogP contribution is -3.08. The second-order valence-corrected chi connectivity index (χ2v) is 7.84. The number of thiophene rings is 1. The molecule has 0 bridgehead atoms. The molecule has 148 valence electrons. The molecule has 1 atom stereocenters. The normalized spacial score (nSPS) is 12.0. The number of aryl methyl sites for hydroxylation is 1. The Morgan fingerprint density at radius 2 is 1.90 bits per heavy atom. The van der Waals surface area contributed by atoms with Crippen LogP contribution in [0.5, 0.6) is 0 Å². The van der Waals surface area contributed by atoms with Crippen LogP contribution in [0.15, 0.2) is 64.6 Å². The van der Waals surface area contributed by atoms with Gasteiger partial charge in [-0.15, -0.1) is 11.3 Å². The molecule has 0 saturated carbocycles. The summed E-state index contributed by atoms with van der Waals surface area (Å²) in [5.41, 5.74) is 8.02. The molecule has 8 heteroatoms. The Morgan fingerprint density at radius 3 is 2.66 bits per heavy atom. The van der Waals surface area contributed by atoms with E-state index in [-0.39, 0.29) is 5.95 Å². The lowest BCUT2D eigenvalue weighted by atomic mass is 10.2. The van der Waals surface area contributed by atoms with E-state index >= 15 is 0 Å². The molecule has 1 unspecified atom stereocenters. The first kappa shape index (κ1) is 19.1. The molecule has 0 fully saturated rings. The van der Waals surface area contributed by atoms with Gasteiger partial charge in [0, 0.05) is 5.69 Å². The maximum absolute atomic E-state index is 5.97. The molecule has 0 spiro atoms. The second-order valence-electron chi connectivity index (χ2n) is 6.81. The SMILES string of the molecule is Cc1ccccc1Nc1nc(N)nc(C[NH+](Cc2ccco2)Cc2cccs2)n1. The largest absolute Gasteiger partial charge is 0.463 e. The van der Waals surface area contributed by atoms with Crippen LogP contribution < -0.4 is 16.0 Å². The summed E-state index contributed by atoms with van der Waals surface area (Å²) >= 11 is 1.74. The summed E-state index contributed by atoms with van der Waals surface area (Å²) in [5, 5.41) is 5.34. The molecule has 29 heavy (non-hydrogen) atoms. The second kappa shape index (κ2) is 8.85. The van der Waals surface area contributed by atoms with Gasteiger partial charge in [-0.1, -0.05) is 24.3 Å². The van der Waals surface area contributed by atoms with E-state index in [4.69, 9.17) is 10.2 Å². The van der Waals surface area contributed by atoms with E-state index in [2.05, 4.69) is 37.8 Å². The third kappa shape index (κ3) is 5.18. The van der Waals surface area contributed by atoms with Crippen LogP contribution in [0.3, 0.4) is 0 Å². The highest BCUT2D eigenvalue weighted by atomic mass is 32.1. The van der Waals surface area contributed by atoms with Gasteiger partial charge in [0.2, 0.25) is 11.9 Å². The zero-order chi connectivity index (χ0) is 20.1. The van der Waals surface area contributed by atoms with Crippen LogP contribution in [0.1, 0.15) is 22.0 Å². The van der Waals surface area contributed by atoms with E-state index in [9.17, 15) is 0 Å². The number of nitrogens with zero attached hydrogens (tertiary/aromatic N) is 3. The average molecular weight is 408 g/mol. The van der Waals surface area contributed by atoms with Gasteiger partial charge in [0.05, 0.1) is 11.1 Å². The summed E-state index contributed by atoms with van der Waals surface area (Å²) in [6.45, 7) is 4.22. The van der Waals surface area contributed by atoms with Crippen molar-refractivity contribution in [2.75, 3.05) is 11.1 Å². The molecular formula is C21H23N6OS+. The van der Waals surface area contributed by atoms with E-state index in [1.807, 2.05) is 43.3 Å². The van der Waals surface area contributed by atoms with Crippen molar-refractivity contribution in [2.24, 2.45) is 0 Å². The van der Waals surface area contributed by atoms with Crippen molar-refractivity contribution in [3.63, 3.8) is 0 Å². The molecule has 7 nitrogen and oxygen atoms in total. The quantitative estimate of drug-likeness (QED) is 0.416. The Kier molecular flexibility index (Phi) is 5.83. The monoisotopic (exact) mass is 407 g/mol. The molecule has 0 aliphatic heterocycles. The first-order chi connectivity index (χ1) is 14.2. The van der Waals surface area contributed by atoms with Gasteiger partial charge in [0.25, 0.3) is 0 Å². The number of anilines is 3. The maximum Gasteiger partial charge on any atom is 0.232 e. The van der Waals surface area contributed by atoms with Crippen molar-refractivity contribution in [3.8, 4) is 0 Å². The molecule has 4 N–H and O–H groups in total. The van der Waals surface area contributed by atoms with Crippen LogP contribution in [0.2, 0.25) is 0 Å². The third-order valence-electron chi connectivity index (χ3n) is 4.51. The number of aromatic nitrogens is 3. The summed E-state index contributed by atoms with van der Waals surface area (Å²) in [5.74, 6) is 2.23. The van der Waals surface area contributed by atoms with Gasteiger partial charge in [0.15, 0.2) is 11.6 Å². The third-order valence-corrected chi connectivity index (χ3v) is 5.38. The molecular weight excluding hydrogens is 384 g/mol. The summed E-state index contributed by atoms with van der Waals surface area (Å²) in [6, 6.07) is 16.1. The molecule has 0 aliphatic rings. The first-order valence-electron chi connectivity index (χ1n) is 9.37. The molecule has 3 heterocycles. The number of quaternary nitrogens is 1. The van der Waals surface area contributed by atoms with Crippen LogP contribution >= 0.6 is 11.3 Å². The number of furan rings is 1. The minimum Gasteiger partial charge on any atom is -0.463 e. The van der Waals surface area contributed by atoms with Gasteiger partial charge in [-0.05, 0) is 42.1 Å². The number of rotatable bonds is 8. The van der Waals surface area contributed by atoms with E-state index in [0.717, 1.165) is 30.1 Å². The molecule has 0 radical (unpaired) electrons. The van der Waals surface area contributed by atoms with Crippen molar-refractivity contribution >= 4 is 28.9 Å². The van der Waals surface area contributed by atoms with Crippen molar-refractivity contribution in [1.29, 1.82) is 0 Å². The van der Waals surface area contributed by atoms with Crippen LogP contribution in [0, 0.1) is 6.92 Å². The fraction of sp³-hybridized carbons (Fsp3) is 0.190. The molecule has 3 aromatic heterocycles. The summed E-state index contributed by atoms with van der Waals surface area (Å²) < 4.78 is 5.55. The minimum atomic E-state index is 0.208. The van der Waals surface area contributed by atoms with Gasteiger partial charge in [-0.2, -0.15) is 15.0 Å². The highest BCUT2D eigenvalue weighted by Crippen LogP contribution is 2.17. The van der Waals surface area contributed by atoms with Crippen LogP contribution in [-0.4, -0.2) is 15.0 Å². The van der Waals surface area contributed by atoms with Crippen LogP contribution in [-0.2, 0) is 19.6 Å². The minimum absolute atomic E-state index is 0.208. The number of hydrogen-bond acceptors (Lipinski definition) is 7. The predicted molar refractivity (Wildman–Crippen MR) is 114 cm³/mol. The molecule has 4 aromatic rings. The van der Waals surface area contributed by atoms with Gasteiger partial charge in [0.1, 0.15) is 19.6 Å². The van der Waals surface area contributed by atoms with Gasteiger partial charge < -0.3 is 20.4 Å². The number of nitrogen functional groups attached to an aromatic ring is 1. The van der Waals surface area contributed by atoms with Gasteiger partial charge in [-0.25, -0.2) is 0 Å². The smallest absolute Gasteiger partial charge is 0.232 e. The summed E-state index contributed by atoms with van der Waals surface area (Å²) in [7, 11) is 0. The number of hydrogen-bond donors (Lipinski definition) is 3. The molecule has 0 amide bonds. The first-order valence-corrected chi connectivity index (χ1v) is 10.2. The Hall–Kier alpha value is -3.23. The Labute approximate surface area is 173 Å². The topological polar surface area (TPSA) is 94.3 Å². The van der Waals surface area contributed by atoms with E-state index in [1.54, 1.807) is 17.6 Å². The van der Waals surface area contributed by atoms with Crippen LogP contribution in [0.4, 0.5) is 17.6 Å². The zero-order valence-electron chi connectivity index (χ0n) is 16.1. The molecule has 1 aromatic carbocycles. The Bertz CT molecular complexity index is 1010. The lowest BCUT2D eigenvalue weighted by molar-refractivity contribution is -0.942. The highest BCUT2D eigenvalue weighted by molar-refractivity contribution is 7.09. The standard InChI is InChI=1S/C21H22N6OS/c1-15-6-2-3-9-18(15)23-21-25-19(24-20(22)26-21)14-27(12-16-7-4-10-28-16)13-17-8-5-11-29-17/h2-11H,12-14H2,1H3,(H3,22,23,24,25,26)/p+1. The Morgan fingerprint density at radius 1 is 1.00 bits per heavy atom. The van der Waals surface area contributed by atoms with Crippen molar-refractivity contribution < 1.29 is 9.32 Å². The number of nitrogens with one attached hydrogen (secondary N) is 2. The fourth-order valence-electron chi connectivity index (χ4n) is 3.14. The fourth-order valence-corrected chi connectivity index (χ4v) is 3.91. The summed E-state index contributed by atoms with van der Waals surface area (Å²) in [6.07, 6.45) is 1.70. The van der Waals surface area contributed by atoms with Crippen LogP contribution in [0.25, 0.3) is 0 Å². The molecule has 0 aliphatic carbocycles. The highest BCUT2D eigenvalue weighted by Gasteiger charge is 2.17. The van der Waals surface area contributed by atoms with Crippen molar-refractivity contribution in [2.45, 2.75) is 26.6 Å². The Balaban J connectivity index is 1.54.